The molecule has 0 saturated carbocycles. The molecule has 0 N–H and O–H groups in total. The lowest BCUT2D eigenvalue weighted by molar-refractivity contribution is 0.0565. The number of likely N-dealkylation sites (tertiary alicyclic amines) is 1. The van der Waals surface area contributed by atoms with Gasteiger partial charge in [0.1, 0.15) is 5.69 Å². The number of hydrogen-bond acceptors (Lipinski definition) is 2. The highest BCUT2D eigenvalue weighted by Gasteiger charge is 2.31. The molecule has 0 aromatic carbocycles. The standard InChI is InChI=1S/C16H20F2N4O/c1-10-8-12(3)22(19-10)13-6-7-20(9-13)15(23)14-5-4-11(2)21(14)16(17)18/h4-5,8,13,16H,6-7,9H2,1-3H3. The Balaban J connectivity index is 1.79. The van der Waals surface area contributed by atoms with E-state index in [-0.39, 0.29) is 17.6 Å². The van der Waals surface area contributed by atoms with Gasteiger partial charge in [0, 0.05) is 24.5 Å². The molecule has 3 heterocycles. The highest BCUT2D eigenvalue weighted by Crippen LogP contribution is 2.26. The minimum absolute atomic E-state index is 0.0477. The van der Waals surface area contributed by atoms with Crippen molar-refractivity contribution >= 4 is 5.91 Å². The molecule has 0 radical (unpaired) electrons. The molecule has 124 valence electrons. The molecule has 1 amide bonds. The Morgan fingerprint density at radius 1 is 1.26 bits per heavy atom. The molecule has 1 atom stereocenters. The number of amides is 1. The second-order valence-electron chi connectivity index (χ2n) is 6.07. The van der Waals surface area contributed by atoms with Gasteiger partial charge in [-0.05, 0) is 45.4 Å². The Morgan fingerprint density at radius 3 is 2.61 bits per heavy atom. The van der Waals surface area contributed by atoms with Crippen LogP contribution in [0.5, 0.6) is 0 Å². The van der Waals surface area contributed by atoms with Gasteiger partial charge in [-0.1, -0.05) is 0 Å². The van der Waals surface area contributed by atoms with Gasteiger partial charge >= 0.3 is 6.55 Å². The maximum absolute atomic E-state index is 13.1. The number of carbonyl (C=O) groups is 1. The summed E-state index contributed by atoms with van der Waals surface area (Å²) in [6.45, 7) is 3.82. The summed E-state index contributed by atoms with van der Waals surface area (Å²) in [4.78, 5) is 14.2. The Labute approximate surface area is 133 Å². The summed E-state index contributed by atoms with van der Waals surface area (Å²) < 4.78 is 29.0. The van der Waals surface area contributed by atoms with Crippen LogP contribution in [0, 0.1) is 20.8 Å². The van der Waals surface area contributed by atoms with E-state index >= 15 is 0 Å². The number of carbonyl (C=O) groups excluding carboxylic acids is 1. The summed E-state index contributed by atoms with van der Waals surface area (Å²) in [5.41, 5.74) is 2.42. The summed E-state index contributed by atoms with van der Waals surface area (Å²) in [5.74, 6) is -0.345. The Kier molecular flexibility index (Phi) is 3.95. The monoisotopic (exact) mass is 322 g/mol. The van der Waals surface area contributed by atoms with Crippen molar-refractivity contribution in [3.63, 3.8) is 0 Å². The quantitative estimate of drug-likeness (QED) is 0.871. The van der Waals surface area contributed by atoms with Crippen molar-refractivity contribution in [2.45, 2.75) is 39.8 Å². The van der Waals surface area contributed by atoms with Crippen molar-refractivity contribution in [2.75, 3.05) is 13.1 Å². The second-order valence-corrected chi connectivity index (χ2v) is 6.07. The van der Waals surface area contributed by atoms with Crippen LogP contribution in [-0.2, 0) is 0 Å². The minimum atomic E-state index is -2.71. The van der Waals surface area contributed by atoms with Gasteiger partial charge in [0.15, 0.2) is 0 Å². The lowest BCUT2D eigenvalue weighted by atomic mass is 10.2. The molecule has 0 bridgehead atoms. The topological polar surface area (TPSA) is 43.1 Å². The molecule has 3 rings (SSSR count). The molecule has 23 heavy (non-hydrogen) atoms. The van der Waals surface area contributed by atoms with E-state index in [2.05, 4.69) is 5.10 Å². The number of nitrogens with zero attached hydrogens (tertiary/aromatic N) is 4. The van der Waals surface area contributed by atoms with E-state index in [1.807, 2.05) is 24.6 Å². The fourth-order valence-electron chi connectivity index (χ4n) is 3.29. The van der Waals surface area contributed by atoms with E-state index in [4.69, 9.17) is 0 Å². The molecule has 1 fully saturated rings. The van der Waals surface area contributed by atoms with Crippen molar-refractivity contribution in [3.05, 3.63) is 41.0 Å². The summed E-state index contributed by atoms with van der Waals surface area (Å²) >= 11 is 0. The Hall–Kier alpha value is -2.18. The summed E-state index contributed by atoms with van der Waals surface area (Å²) in [6, 6.07) is 5.12. The fraction of sp³-hybridized carbons (Fsp3) is 0.500. The Bertz CT molecular complexity index is 735. The van der Waals surface area contributed by atoms with Gasteiger partial charge in [0.2, 0.25) is 0 Å². The minimum Gasteiger partial charge on any atom is -0.335 e. The normalized spacial score (nSPS) is 18.2. The lowest BCUT2D eigenvalue weighted by Gasteiger charge is -2.19. The van der Waals surface area contributed by atoms with Crippen molar-refractivity contribution < 1.29 is 13.6 Å². The third-order valence-electron chi connectivity index (χ3n) is 4.38. The van der Waals surface area contributed by atoms with Gasteiger partial charge in [0.25, 0.3) is 5.91 Å². The van der Waals surface area contributed by atoms with E-state index < -0.39 is 6.55 Å². The van der Waals surface area contributed by atoms with Gasteiger partial charge in [-0.3, -0.25) is 14.0 Å². The van der Waals surface area contributed by atoms with Crippen molar-refractivity contribution in [1.82, 2.24) is 19.2 Å². The average Bonchev–Trinajstić information content (AvgIpc) is 3.16. The summed E-state index contributed by atoms with van der Waals surface area (Å²) in [7, 11) is 0. The van der Waals surface area contributed by atoms with Gasteiger partial charge in [-0.25, -0.2) is 0 Å². The van der Waals surface area contributed by atoms with Gasteiger partial charge in [-0.2, -0.15) is 13.9 Å². The van der Waals surface area contributed by atoms with Gasteiger partial charge in [-0.15, -0.1) is 0 Å². The number of halogens is 2. The van der Waals surface area contributed by atoms with Crippen molar-refractivity contribution in [2.24, 2.45) is 0 Å². The van der Waals surface area contributed by atoms with E-state index in [9.17, 15) is 13.6 Å². The molecule has 7 heteroatoms. The molecule has 0 spiro atoms. The molecule has 1 unspecified atom stereocenters. The number of rotatable bonds is 3. The van der Waals surface area contributed by atoms with Crippen LogP contribution in [0.4, 0.5) is 8.78 Å². The third kappa shape index (κ3) is 2.75. The molecule has 1 aliphatic heterocycles. The fourth-order valence-corrected chi connectivity index (χ4v) is 3.29. The van der Waals surface area contributed by atoms with Crippen LogP contribution in [0.15, 0.2) is 18.2 Å². The molecular weight excluding hydrogens is 302 g/mol. The first-order valence-electron chi connectivity index (χ1n) is 7.66. The predicted octanol–water partition coefficient (Wildman–Crippen LogP) is 3.09. The van der Waals surface area contributed by atoms with Crippen LogP contribution in [0.2, 0.25) is 0 Å². The van der Waals surface area contributed by atoms with Crippen LogP contribution in [0.25, 0.3) is 0 Å². The maximum Gasteiger partial charge on any atom is 0.319 e. The number of hydrogen-bond donors (Lipinski definition) is 0. The van der Waals surface area contributed by atoms with Crippen LogP contribution in [0.1, 0.15) is 46.6 Å². The van der Waals surface area contributed by atoms with E-state index in [1.54, 1.807) is 17.9 Å². The lowest BCUT2D eigenvalue weighted by Crippen LogP contribution is -2.31. The Morgan fingerprint density at radius 2 is 2.00 bits per heavy atom. The van der Waals surface area contributed by atoms with Crippen molar-refractivity contribution in [1.29, 1.82) is 0 Å². The zero-order chi connectivity index (χ0) is 16.7. The first-order valence-corrected chi connectivity index (χ1v) is 7.66. The largest absolute Gasteiger partial charge is 0.335 e. The van der Waals surface area contributed by atoms with Crippen LogP contribution in [0.3, 0.4) is 0 Å². The molecule has 2 aromatic heterocycles. The number of aromatic nitrogens is 3. The number of aryl methyl sites for hydroxylation is 3. The molecule has 1 saturated heterocycles. The van der Waals surface area contributed by atoms with Crippen LogP contribution >= 0.6 is 0 Å². The second kappa shape index (κ2) is 5.79. The highest BCUT2D eigenvalue weighted by molar-refractivity contribution is 5.93. The smallest absolute Gasteiger partial charge is 0.319 e. The maximum atomic E-state index is 13.1. The summed E-state index contributed by atoms with van der Waals surface area (Å²) in [5, 5.41) is 4.46. The van der Waals surface area contributed by atoms with Crippen molar-refractivity contribution in [3.8, 4) is 0 Å². The van der Waals surface area contributed by atoms with Crippen LogP contribution in [-0.4, -0.2) is 38.2 Å². The zero-order valence-corrected chi connectivity index (χ0v) is 13.5. The highest BCUT2D eigenvalue weighted by atomic mass is 19.3. The van der Waals surface area contributed by atoms with Gasteiger partial charge in [0.05, 0.1) is 11.7 Å². The molecule has 5 nitrogen and oxygen atoms in total. The molecule has 1 aliphatic rings. The SMILES string of the molecule is Cc1cc(C)n(C2CCN(C(=O)c3ccc(C)n3C(F)F)C2)n1. The van der Waals surface area contributed by atoms with Gasteiger partial charge < -0.3 is 4.90 Å². The predicted molar refractivity (Wildman–Crippen MR) is 81.7 cm³/mol. The molecular formula is C16H20F2N4O. The molecule has 0 aliphatic carbocycles. The first kappa shape index (κ1) is 15.7. The number of alkyl halides is 2. The molecule has 2 aromatic rings. The first-order chi connectivity index (χ1) is 10.9. The van der Waals surface area contributed by atoms with E-state index in [0.29, 0.717) is 18.8 Å². The third-order valence-corrected chi connectivity index (χ3v) is 4.38. The van der Waals surface area contributed by atoms with Crippen LogP contribution < -0.4 is 0 Å². The summed E-state index contributed by atoms with van der Waals surface area (Å²) in [6.07, 6.45) is 0.780. The van der Waals surface area contributed by atoms with E-state index in [1.165, 1.54) is 6.07 Å². The average molecular weight is 322 g/mol. The van der Waals surface area contributed by atoms with E-state index in [0.717, 1.165) is 22.4 Å². The zero-order valence-electron chi connectivity index (χ0n) is 13.5.